The zero-order valence-electron chi connectivity index (χ0n) is 13.5. The van der Waals surface area contributed by atoms with E-state index >= 15 is 0 Å². The molecule has 0 aromatic heterocycles. The summed E-state index contributed by atoms with van der Waals surface area (Å²) in [6.45, 7) is 6.97. The first-order valence-electron chi connectivity index (χ1n) is 8.88. The molecule has 1 unspecified atom stereocenters. The molecule has 3 rings (SSSR count). The van der Waals surface area contributed by atoms with Gasteiger partial charge in [0.05, 0.1) is 5.41 Å². The minimum absolute atomic E-state index is 0.247. The van der Waals surface area contributed by atoms with Crippen molar-refractivity contribution in [2.75, 3.05) is 32.7 Å². The average Bonchev–Trinajstić information content (AvgIpc) is 2.55. The standard InChI is InChI=1S/C17H31N3O/c1-14-5-7-17(13-18,8-6-14)16(21)20-11-10-19-9-3-2-4-15(19)12-20/h14-15H,2-13,18H2,1H3. The molecule has 1 amide bonds. The third-order valence-electron chi connectivity index (χ3n) is 6.20. The molecule has 2 heterocycles. The lowest BCUT2D eigenvalue weighted by Crippen LogP contribution is -2.60. The summed E-state index contributed by atoms with van der Waals surface area (Å²) in [7, 11) is 0. The maximum Gasteiger partial charge on any atom is 0.230 e. The number of hydrogen-bond donors (Lipinski definition) is 1. The van der Waals surface area contributed by atoms with Crippen LogP contribution in [0.15, 0.2) is 0 Å². The van der Waals surface area contributed by atoms with Crippen molar-refractivity contribution in [2.24, 2.45) is 17.1 Å². The van der Waals surface area contributed by atoms with E-state index in [1.807, 2.05) is 0 Å². The molecule has 3 aliphatic rings. The number of hydrogen-bond acceptors (Lipinski definition) is 3. The zero-order valence-corrected chi connectivity index (χ0v) is 13.5. The lowest BCUT2D eigenvalue weighted by molar-refractivity contribution is -0.147. The van der Waals surface area contributed by atoms with Gasteiger partial charge in [0.15, 0.2) is 0 Å². The highest BCUT2D eigenvalue weighted by molar-refractivity contribution is 5.83. The summed E-state index contributed by atoms with van der Waals surface area (Å²) in [4.78, 5) is 17.9. The van der Waals surface area contributed by atoms with E-state index in [0.717, 1.165) is 51.2 Å². The SMILES string of the molecule is CC1CCC(CN)(C(=O)N2CCN3CCCCC3C2)CC1. The second kappa shape index (κ2) is 6.25. The molecule has 2 aliphatic heterocycles. The molecule has 2 saturated heterocycles. The Kier molecular flexibility index (Phi) is 4.55. The van der Waals surface area contributed by atoms with Gasteiger partial charge in [0, 0.05) is 32.2 Å². The Bertz CT molecular complexity index is 376. The summed E-state index contributed by atoms with van der Waals surface area (Å²) in [6, 6.07) is 0.605. The number of nitrogens with zero attached hydrogens (tertiary/aromatic N) is 2. The van der Waals surface area contributed by atoms with Gasteiger partial charge in [-0.1, -0.05) is 13.3 Å². The van der Waals surface area contributed by atoms with Crippen molar-refractivity contribution in [1.29, 1.82) is 0 Å². The molecule has 1 aliphatic carbocycles. The van der Waals surface area contributed by atoms with E-state index in [0.29, 0.717) is 18.5 Å². The summed E-state index contributed by atoms with van der Waals surface area (Å²) in [5, 5.41) is 0. The molecule has 0 aromatic rings. The number of fused-ring (bicyclic) bond motifs is 1. The van der Waals surface area contributed by atoms with Crippen LogP contribution in [0.5, 0.6) is 0 Å². The maximum atomic E-state index is 13.1. The van der Waals surface area contributed by atoms with Crippen LogP contribution in [0.2, 0.25) is 0 Å². The van der Waals surface area contributed by atoms with Crippen molar-refractivity contribution in [1.82, 2.24) is 9.80 Å². The fourth-order valence-electron chi connectivity index (χ4n) is 4.50. The molecule has 120 valence electrons. The lowest BCUT2D eigenvalue weighted by Gasteiger charge is -2.47. The Labute approximate surface area is 129 Å². The summed E-state index contributed by atoms with van der Waals surface area (Å²) in [5.41, 5.74) is 5.82. The maximum absolute atomic E-state index is 13.1. The number of carbonyl (C=O) groups excluding carboxylic acids is 1. The van der Waals surface area contributed by atoms with Crippen molar-refractivity contribution in [3.05, 3.63) is 0 Å². The summed E-state index contributed by atoms with van der Waals surface area (Å²) in [5.74, 6) is 1.12. The molecule has 0 aromatic carbocycles. The first-order valence-corrected chi connectivity index (χ1v) is 8.88. The highest BCUT2D eigenvalue weighted by Crippen LogP contribution is 2.40. The van der Waals surface area contributed by atoms with Crippen molar-refractivity contribution in [3.8, 4) is 0 Å². The Morgan fingerprint density at radius 1 is 1.14 bits per heavy atom. The first-order chi connectivity index (χ1) is 10.1. The fourth-order valence-corrected chi connectivity index (χ4v) is 4.50. The van der Waals surface area contributed by atoms with E-state index in [2.05, 4.69) is 16.7 Å². The van der Waals surface area contributed by atoms with E-state index < -0.39 is 0 Å². The number of piperidine rings is 1. The predicted octanol–water partition coefficient (Wildman–Crippen LogP) is 1.84. The molecule has 1 saturated carbocycles. The van der Waals surface area contributed by atoms with Gasteiger partial charge in [-0.3, -0.25) is 9.69 Å². The van der Waals surface area contributed by atoms with Crippen molar-refractivity contribution >= 4 is 5.91 Å². The first kappa shape index (κ1) is 15.3. The highest BCUT2D eigenvalue weighted by Gasteiger charge is 2.44. The van der Waals surface area contributed by atoms with Crippen LogP contribution < -0.4 is 5.73 Å². The van der Waals surface area contributed by atoms with Crippen LogP contribution in [0.3, 0.4) is 0 Å². The molecular formula is C17H31N3O. The normalized spacial score (nSPS) is 38.1. The van der Waals surface area contributed by atoms with E-state index in [9.17, 15) is 4.79 Å². The van der Waals surface area contributed by atoms with E-state index in [-0.39, 0.29) is 5.41 Å². The van der Waals surface area contributed by atoms with Crippen molar-refractivity contribution in [2.45, 2.75) is 57.9 Å². The molecule has 21 heavy (non-hydrogen) atoms. The second-order valence-corrected chi connectivity index (χ2v) is 7.60. The number of carbonyl (C=O) groups is 1. The van der Waals surface area contributed by atoms with Gasteiger partial charge < -0.3 is 10.6 Å². The fraction of sp³-hybridized carbons (Fsp3) is 0.941. The van der Waals surface area contributed by atoms with Gasteiger partial charge in [-0.25, -0.2) is 0 Å². The van der Waals surface area contributed by atoms with Crippen LogP contribution in [0.25, 0.3) is 0 Å². The second-order valence-electron chi connectivity index (χ2n) is 7.60. The lowest BCUT2D eigenvalue weighted by atomic mass is 9.70. The highest BCUT2D eigenvalue weighted by atomic mass is 16.2. The third-order valence-corrected chi connectivity index (χ3v) is 6.20. The molecule has 0 bridgehead atoms. The Morgan fingerprint density at radius 2 is 1.90 bits per heavy atom. The van der Waals surface area contributed by atoms with Gasteiger partial charge in [-0.2, -0.15) is 0 Å². The number of piperazine rings is 1. The molecule has 2 N–H and O–H groups in total. The van der Waals surface area contributed by atoms with Gasteiger partial charge >= 0.3 is 0 Å². The minimum atomic E-state index is -0.247. The number of amides is 1. The molecule has 0 radical (unpaired) electrons. The smallest absolute Gasteiger partial charge is 0.230 e. The topological polar surface area (TPSA) is 49.6 Å². The molecule has 0 spiro atoms. The van der Waals surface area contributed by atoms with Gasteiger partial charge in [0.1, 0.15) is 0 Å². The van der Waals surface area contributed by atoms with E-state index in [4.69, 9.17) is 5.73 Å². The van der Waals surface area contributed by atoms with Crippen LogP contribution in [-0.4, -0.2) is 54.5 Å². The Balaban J connectivity index is 1.66. The summed E-state index contributed by atoms with van der Waals surface area (Å²) >= 11 is 0. The largest absolute Gasteiger partial charge is 0.339 e. The molecule has 4 heteroatoms. The minimum Gasteiger partial charge on any atom is -0.339 e. The van der Waals surface area contributed by atoms with Crippen molar-refractivity contribution in [3.63, 3.8) is 0 Å². The van der Waals surface area contributed by atoms with Crippen LogP contribution >= 0.6 is 0 Å². The Morgan fingerprint density at radius 3 is 2.62 bits per heavy atom. The molecule has 4 nitrogen and oxygen atoms in total. The summed E-state index contributed by atoms with van der Waals surface area (Å²) in [6.07, 6.45) is 8.22. The number of rotatable bonds is 2. The van der Waals surface area contributed by atoms with Gasteiger partial charge in [-0.15, -0.1) is 0 Å². The molecular weight excluding hydrogens is 262 g/mol. The number of nitrogens with two attached hydrogens (primary N) is 1. The Hall–Kier alpha value is -0.610. The van der Waals surface area contributed by atoms with Crippen LogP contribution in [-0.2, 0) is 4.79 Å². The van der Waals surface area contributed by atoms with Crippen LogP contribution in [0.4, 0.5) is 0 Å². The van der Waals surface area contributed by atoms with E-state index in [1.54, 1.807) is 0 Å². The van der Waals surface area contributed by atoms with Crippen molar-refractivity contribution < 1.29 is 4.79 Å². The average molecular weight is 293 g/mol. The van der Waals surface area contributed by atoms with E-state index in [1.165, 1.54) is 25.8 Å². The van der Waals surface area contributed by atoms with Gasteiger partial charge in [0.25, 0.3) is 0 Å². The van der Waals surface area contributed by atoms with Crippen LogP contribution in [0, 0.1) is 11.3 Å². The summed E-state index contributed by atoms with van der Waals surface area (Å²) < 4.78 is 0. The quantitative estimate of drug-likeness (QED) is 0.845. The monoisotopic (exact) mass is 293 g/mol. The van der Waals surface area contributed by atoms with Gasteiger partial charge in [-0.05, 0) is 51.0 Å². The molecule has 3 fully saturated rings. The predicted molar refractivity (Wildman–Crippen MR) is 84.9 cm³/mol. The zero-order chi connectivity index (χ0) is 14.9. The third kappa shape index (κ3) is 2.98. The molecule has 1 atom stereocenters. The van der Waals surface area contributed by atoms with Crippen LogP contribution in [0.1, 0.15) is 51.9 Å². The van der Waals surface area contributed by atoms with Gasteiger partial charge in [0.2, 0.25) is 5.91 Å².